The van der Waals surface area contributed by atoms with E-state index >= 15 is 0 Å². The molecule has 0 heterocycles. The molecule has 0 amide bonds. The first-order valence-corrected chi connectivity index (χ1v) is 10.7. The van der Waals surface area contributed by atoms with Crippen molar-refractivity contribution in [2.45, 2.75) is 58.4 Å². The lowest BCUT2D eigenvalue weighted by Crippen LogP contribution is -2.40. The molecule has 0 radical (unpaired) electrons. The molecule has 0 aliphatic rings. The summed E-state index contributed by atoms with van der Waals surface area (Å²) in [5, 5.41) is 9.93. The summed E-state index contributed by atoms with van der Waals surface area (Å²) in [6.45, 7) is 11.5. The maximum atomic E-state index is 8.69. The molecule has 0 spiro atoms. The number of halogens is 2. The van der Waals surface area contributed by atoms with E-state index in [1.54, 1.807) is 0 Å². The van der Waals surface area contributed by atoms with Gasteiger partial charge in [-0.05, 0) is 41.7 Å². The quantitative estimate of drug-likeness (QED) is 0.616. The monoisotopic (exact) mass is 343 g/mol. The Labute approximate surface area is 139 Å². The van der Waals surface area contributed by atoms with E-state index in [0.717, 1.165) is 11.1 Å². The van der Waals surface area contributed by atoms with Gasteiger partial charge in [0.25, 0.3) is 0 Å². The Kier molecular flexibility index (Phi) is 6.31. The highest BCUT2D eigenvalue weighted by atomic mass is 35.5. The minimum atomic E-state index is -1.82. The normalized spacial score (nSPS) is 12.3. The summed E-state index contributed by atoms with van der Waals surface area (Å²) in [6.07, 6.45) is 1.15. The number of nitriles is 1. The molecule has 5 heteroatoms. The van der Waals surface area contributed by atoms with Gasteiger partial charge in [0.05, 0.1) is 22.7 Å². The van der Waals surface area contributed by atoms with Crippen molar-refractivity contribution >= 4 is 31.5 Å². The molecule has 0 aliphatic heterocycles. The minimum absolute atomic E-state index is 0.154. The molecule has 116 valence electrons. The lowest BCUT2D eigenvalue weighted by Gasteiger charge is -2.36. The summed E-state index contributed by atoms with van der Waals surface area (Å²) >= 11 is 12.5. The molecule has 2 nitrogen and oxygen atoms in total. The second-order valence-corrected chi connectivity index (χ2v) is 12.4. The third-order valence-corrected chi connectivity index (χ3v) is 9.40. The van der Waals surface area contributed by atoms with E-state index in [4.69, 9.17) is 32.9 Å². The minimum Gasteiger partial charge on any atom is -0.413 e. The summed E-state index contributed by atoms with van der Waals surface area (Å²) in [6, 6.07) is 5.97. The highest BCUT2D eigenvalue weighted by Crippen LogP contribution is 2.38. The van der Waals surface area contributed by atoms with Gasteiger partial charge in [-0.25, -0.2) is 0 Å². The van der Waals surface area contributed by atoms with Crippen molar-refractivity contribution in [3.05, 3.63) is 33.3 Å². The second kappa shape index (κ2) is 7.15. The second-order valence-electron chi connectivity index (χ2n) is 6.76. The molecule has 1 aromatic rings. The molecular formula is C16H23Cl2NOSi. The first-order chi connectivity index (χ1) is 9.58. The maximum absolute atomic E-state index is 8.69. The number of hydrogen-bond donors (Lipinski definition) is 0. The molecule has 0 unspecified atom stereocenters. The predicted molar refractivity (Wildman–Crippen MR) is 92.4 cm³/mol. The number of aryl methyl sites for hydroxylation is 1. The summed E-state index contributed by atoms with van der Waals surface area (Å²) in [5.74, 6) is 0. The van der Waals surface area contributed by atoms with Crippen LogP contribution in [0.15, 0.2) is 12.1 Å². The van der Waals surface area contributed by atoms with E-state index in [-0.39, 0.29) is 5.04 Å². The van der Waals surface area contributed by atoms with E-state index in [1.807, 2.05) is 12.1 Å². The van der Waals surface area contributed by atoms with Crippen molar-refractivity contribution in [1.29, 1.82) is 5.26 Å². The number of rotatable bonds is 5. The fourth-order valence-corrected chi connectivity index (χ4v) is 3.01. The number of benzene rings is 1. The Bertz CT molecular complexity index is 544. The van der Waals surface area contributed by atoms with Gasteiger partial charge in [-0.2, -0.15) is 5.26 Å². The van der Waals surface area contributed by atoms with Crippen LogP contribution in [0.25, 0.3) is 0 Å². The third kappa shape index (κ3) is 5.00. The van der Waals surface area contributed by atoms with Crippen LogP contribution in [-0.2, 0) is 17.5 Å². The van der Waals surface area contributed by atoms with Gasteiger partial charge in [0.1, 0.15) is 0 Å². The zero-order valence-corrected chi connectivity index (χ0v) is 15.9. The van der Waals surface area contributed by atoms with Gasteiger partial charge in [-0.1, -0.05) is 50.0 Å². The number of nitrogens with zero attached hydrogens (tertiary/aromatic N) is 1. The van der Waals surface area contributed by atoms with E-state index in [1.165, 1.54) is 0 Å². The van der Waals surface area contributed by atoms with Gasteiger partial charge >= 0.3 is 0 Å². The Balaban J connectivity index is 2.93. The fourth-order valence-electron chi connectivity index (χ4n) is 1.63. The zero-order chi connectivity index (χ0) is 16.3. The SMILES string of the molecule is CC(C)(C)[Si](C)(C)OCc1cc(CCC#N)cc(Cl)c1Cl. The molecule has 0 saturated heterocycles. The maximum Gasteiger partial charge on any atom is 0.192 e. The first kappa shape index (κ1) is 18.5. The average molecular weight is 344 g/mol. The Hall–Kier alpha value is -0.533. The van der Waals surface area contributed by atoms with Gasteiger partial charge in [0.15, 0.2) is 8.32 Å². The van der Waals surface area contributed by atoms with Crippen molar-refractivity contribution in [2.75, 3.05) is 0 Å². The Morgan fingerprint density at radius 2 is 1.86 bits per heavy atom. The number of hydrogen-bond acceptors (Lipinski definition) is 2. The molecule has 21 heavy (non-hydrogen) atoms. The molecule has 0 bridgehead atoms. The van der Waals surface area contributed by atoms with Crippen LogP contribution in [0.5, 0.6) is 0 Å². The van der Waals surface area contributed by atoms with Crippen LogP contribution in [0.2, 0.25) is 28.2 Å². The Morgan fingerprint density at radius 3 is 2.38 bits per heavy atom. The molecule has 0 N–H and O–H groups in total. The summed E-state index contributed by atoms with van der Waals surface area (Å²) in [7, 11) is -1.82. The summed E-state index contributed by atoms with van der Waals surface area (Å²) in [5.41, 5.74) is 1.93. The molecular weight excluding hydrogens is 321 g/mol. The fraction of sp³-hybridized carbons (Fsp3) is 0.562. The highest BCUT2D eigenvalue weighted by molar-refractivity contribution is 6.74. The standard InChI is InChI=1S/C16H23Cl2NOSi/c1-16(2,3)21(4,5)20-11-13-9-12(7-6-8-19)10-14(17)15(13)18/h9-10H,6-7,11H2,1-5H3. The van der Waals surface area contributed by atoms with Gasteiger partial charge in [-0.3, -0.25) is 0 Å². The van der Waals surface area contributed by atoms with Crippen molar-refractivity contribution in [3.63, 3.8) is 0 Å². The van der Waals surface area contributed by atoms with Gasteiger partial charge in [-0.15, -0.1) is 0 Å². The summed E-state index contributed by atoms with van der Waals surface area (Å²) in [4.78, 5) is 0. The largest absolute Gasteiger partial charge is 0.413 e. The molecule has 0 fully saturated rings. The highest BCUT2D eigenvalue weighted by Gasteiger charge is 2.37. The van der Waals surface area contributed by atoms with Crippen molar-refractivity contribution in [1.82, 2.24) is 0 Å². The van der Waals surface area contributed by atoms with Gasteiger partial charge in [0, 0.05) is 6.42 Å². The predicted octanol–water partition coefficient (Wildman–Crippen LogP) is 5.97. The van der Waals surface area contributed by atoms with E-state index < -0.39 is 8.32 Å². The Morgan fingerprint density at radius 1 is 1.24 bits per heavy atom. The molecule has 1 aromatic carbocycles. The lowest BCUT2D eigenvalue weighted by atomic mass is 10.1. The molecule has 0 atom stereocenters. The molecule has 0 aliphatic carbocycles. The van der Waals surface area contributed by atoms with Crippen molar-refractivity contribution in [3.8, 4) is 6.07 Å². The summed E-state index contributed by atoms with van der Waals surface area (Å²) < 4.78 is 6.21. The lowest BCUT2D eigenvalue weighted by molar-refractivity contribution is 0.276. The van der Waals surface area contributed by atoms with Crippen molar-refractivity contribution in [2.24, 2.45) is 0 Å². The van der Waals surface area contributed by atoms with Crippen LogP contribution in [-0.4, -0.2) is 8.32 Å². The van der Waals surface area contributed by atoms with Crippen LogP contribution < -0.4 is 0 Å². The topological polar surface area (TPSA) is 33.0 Å². The van der Waals surface area contributed by atoms with E-state index in [2.05, 4.69) is 39.9 Å². The van der Waals surface area contributed by atoms with E-state index in [9.17, 15) is 0 Å². The van der Waals surface area contributed by atoms with Crippen LogP contribution in [0, 0.1) is 11.3 Å². The van der Waals surface area contributed by atoms with Gasteiger partial charge < -0.3 is 4.43 Å². The molecule has 0 aromatic heterocycles. The van der Waals surface area contributed by atoms with Crippen LogP contribution >= 0.6 is 23.2 Å². The smallest absolute Gasteiger partial charge is 0.192 e. The van der Waals surface area contributed by atoms with Crippen LogP contribution in [0.1, 0.15) is 38.3 Å². The zero-order valence-electron chi connectivity index (χ0n) is 13.4. The van der Waals surface area contributed by atoms with E-state index in [0.29, 0.717) is 29.5 Å². The third-order valence-electron chi connectivity index (χ3n) is 4.08. The van der Waals surface area contributed by atoms with Crippen LogP contribution in [0.3, 0.4) is 0 Å². The first-order valence-electron chi connectivity index (χ1n) is 7.06. The van der Waals surface area contributed by atoms with Crippen molar-refractivity contribution < 1.29 is 4.43 Å². The van der Waals surface area contributed by atoms with Gasteiger partial charge in [0.2, 0.25) is 0 Å². The molecule has 1 rings (SSSR count). The van der Waals surface area contributed by atoms with Crippen LogP contribution in [0.4, 0.5) is 0 Å². The average Bonchev–Trinajstić information content (AvgIpc) is 2.37. The molecule has 0 saturated carbocycles.